The Hall–Kier alpha value is -3.80. The number of ether oxygens (including phenoxy) is 1. The van der Waals surface area contributed by atoms with Crippen molar-refractivity contribution in [3.63, 3.8) is 0 Å². The molecule has 0 aliphatic carbocycles. The Balaban J connectivity index is 1.97. The van der Waals surface area contributed by atoms with Gasteiger partial charge in [-0.3, -0.25) is 14.5 Å². The molecular formula is C25H23NO5. The monoisotopic (exact) mass is 417 g/mol. The van der Waals surface area contributed by atoms with Crippen molar-refractivity contribution >= 4 is 23.1 Å². The Morgan fingerprint density at radius 2 is 1.81 bits per heavy atom. The van der Waals surface area contributed by atoms with Gasteiger partial charge in [0.1, 0.15) is 29.1 Å². The van der Waals surface area contributed by atoms with Gasteiger partial charge < -0.3 is 14.3 Å². The van der Waals surface area contributed by atoms with E-state index in [9.17, 15) is 14.7 Å². The van der Waals surface area contributed by atoms with Crippen molar-refractivity contribution < 1.29 is 23.8 Å². The quantitative estimate of drug-likeness (QED) is 0.373. The summed E-state index contributed by atoms with van der Waals surface area (Å²) in [4.78, 5) is 27.7. The molecule has 0 bridgehead atoms. The number of carbonyl (C=O) groups is 2. The fourth-order valence-corrected chi connectivity index (χ4v) is 3.86. The number of furan rings is 1. The molecule has 3 aromatic rings. The lowest BCUT2D eigenvalue weighted by atomic mass is 9.96. The molecule has 1 N–H and O–H groups in total. The molecule has 2 heterocycles. The largest absolute Gasteiger partial charge is 0.507 e. The molecular weight excluding hydrogens is 394 g/mol. The first-order valence-corrected chi connectivity index (χ1v) is 9.91. The summed E-state index contributed by atoms with van der Waals surface area (Å²) in [6, 6.07) is 15.1. The number of benzene rings is 2. The van der Waals surface area contributed by atoms with Gasteiger partial charge in [-0.2, -0.15) is 0 Å². The first kappa shape index (κ1) is 20.5. The number of aliphatic hydroxyl groups is 1. The van der Waals surface area contributed by atoms with Crippen LogP contribution in [0, 0.1) is 20.8 Å². The molecule has 6 nitrogen and oxygen atoms in total. The van der Waals surface area contributed by atoms with Crippen molar-refractivity contribution in [2.75, 3.05) is 12.0 Å². The van der Waals surface area contributed by atoms with Crippen molar-refractivity contribution in [3.05, 3.63) is 88.4 Å². The molecule has 1 aliphatic heterocycles. The molecule has 6 heteroatoms. The highest BCUT2D eigenvalue weighted by Crippen LogP contribution is 2.43. The number of amides is 1. The van der Waals surface area contributed by atoms with Gasteiger partial charge in [0.15, 0.2) is 0 Å². The average Bonchev–Trinajstić information content (AvgIpc) is 3.30. The minimum Gasteiger partial charge on any atom is -0.507 e. The standard InChI is InChI=1S/C25H23NO5/c1-14-8-9-15(2)19(12-14)23(27)21-22(20-11-10-16(3)31-20)26(25(29)24(21)28)17-6-5-7-18(13-17)30-4/h5-13,22,27H,1-4H3/b23-21-. The molecule has 31 heavy (non-hydrogen) atoms. The third-order valence-corrected chi connectivity index (χ3v) is 5.45. The van der Waals surface area contributed by atoms with Gasteiger partial charge in [-0.15, -0.1) is 0 Å². The molecule has 1 unspecified atom stereocenters. The molecule has 2 aromatic carbocycles. The Kier molecular flexibility index (Phi) is 5.15. The zero-order valence-corrected chi connectivity index (χ0v) is 17.8. The number of aryl methyl sites for hydroxylation is 3. The van der Waals surface area contributed by atoms with Gasteiger partial charge in [-0.1, -0.05) is 23.8 Å². The third kappa shape index (κ3) is 3.50. The predicted octanol–water partition coefficient (Wildman–Crippen LogP) is 4.84. The summed E-state index contributed by atoms with van der Waals surface area (Å²) in [7, 11) is 1.53. The first-order chi connectivity index (χ1) is 14.8. The molecule has 4 rings (SSSR count). The van der Waals surface area contributed by atoms with Crippen LogP contribution in [-0.2, 0) is 9.59 Å². The summed E-state index contributed by atoms with van der Waals surface area (Å²) < 4.78 is 11.1. The van der Waals surface area contributed by atoms with E-state index in [1.54, 1.807) is 49.4 Å². The minimum absolute atomic E-state index is 0.00382. The zero-order valence-electron chi connectivity index (χ0n) is 17.8. The molecule has 0 radical (unpaired) electrons. The van der Waals surface area contributed by atoms with Gasteiger partial charge in [0.25, 0.3) is 11.7 Å². The number of anilines is 1. The number of rotatable bonds is 4. The molecule has 1 aromatic heterocycles. The van der Waals surface area contributed by atoms with Gasteiger partial charge in [0.2, 0.25) is 0 Å². The van der Waals surface area contributed by atoms with Crippen LogP contribution in [0.3, 0.4) is 0 Å². The highest BCUT2D eigenvalue weighted by atomic mass is 16.5. The molecule has 1 atom stereocenters. The van der Waals surface area contributed by atoms with Crippen molar-refractivity contribution in [2.24, 2.45) is 0 Å². The summed E-state index contributed by atoms with van der Waals surface area (Å²) >= 11 is 0. The Morgan fingerprint density at radius 1 is 1.03 bits per heavy atom. The maximum absolute atomic E-state index is 13.2. The van der Waals surface area contributed by atoms with E-state index in [2.05, 4.69) is 0 Å². The Labute approximate surface area is 180 Å². The number of hydrogen-bond donors (Lipinski definition) is 1. The normalized spacial score (nSPS) is 17.9. The van der Waals surface area contributed by atoms with Crippen LogP contribution in [0.2, 0.25) is 0 Å². The summed E-state index contributed by atoms with van der Waals surface area (Å²) in [5.41, 5.74) is 2.71. The maximum atomic E-state index is 13.2. The van der Waals surface area contributed by atoms with Gasteiger partial charge >= 0.3 is 0 Å². The Bertz CT molecular complexity index is 1220. The van der Waals surface area contributed by atoms with Gasteiger partial charge in [0, 0.05) is 17.3 Å². The van der Waals surface area contributed by atoms with Crippen LogP contribution in [0.1, 0.15) is 34.3 Å². The SMILES string of the molecule is COc1cccc(N2C(=O)C(=O)/C(=C(\O)c3cc(C)ccc3C)C2c2ccc(C)o2)c1. The predicted molar refractivity (Wildman–Crippen MR) is 117 cm³/mol. The number of hydrogen-bond acceptors (Lipinski definition) is 5. The Morgan fingerprint density at radius 3 is 2.48 bits per heavy atom. The fraction of sp³-hybridized carbons (Fsp3) is 0.200. The van der Waals surface area contributed by atoms with E-state index in [-0.39, 0.29) is 11.3 Å². The summed E-state index contributed by atoms with van der Waals surface area (Å²) in [5, 5.41) is 11.2. The minimum atomic E-state index is -0.902. The smallest absolute Gasteiger partial charge is 0.300 e. The molecule has 1 aliphatic rings. The number of Topliss-reactive ketones (excluding diaryl/α,β-unsaturated/α-hetero) is 1. The van der Waals surface area contributed by atoms with Crippen molar-refractivity contribution in [1.82, 2.24) is 0 Å². The lowest BCUT2D eigenvalue weighted by molar-refractivity contribution is -0.132. The van der Waals surface area contributed by atoms with E-state index < -0.39 is 17.7 Å². The molecule has 1 fully saturated rings. The number of ketones is 1. The van der Waals surface area contributed by atoms with E-state index in [4.69, 9.17) is 9.15 Å². The molecule has 1 saturated heterocycles. The second-order valence-electron chi connectivity index (χ2n) is 7.64. The lowest BCUT2D eigenvalue weighted by Crippen LogP contribution is -2.29. The van der Waals surface area contributed by atoms with Crippen molar-refractivity contribution in [3.8, 4) is 5.75 Å². The summed E-state index contributed by atoms with van der Waals surface area (Å²) in [5.74, 6) is -0.143. The second kappa shape index (κ2) is 7.80. The molecule has 158 valence electrons. The lowest BCUT2D eigenvalue weighted by Gasteiger charge is -2.24. The van der Waals surface area contributed by atoms with Crippen LogP contribution in [0.4, 0.5) is 5.69 Å². The van der Waals surface area contributed by atoms with Crippen LogP contribution in [-0.4, -0.2) is 23.9 Å². The number of methoxy groups -OCH3 is 1. The highest BCUT2D eigenvalue weighted by Gasteiger charge is 2.48. The average molecular weight is 417 g/mol. The number of aliphatic hydroxyl groups excluding tert-OH is 1. The molecule has 0 spiro atoms. The first-order valence-electron chi connectivity index (χ1n) is 9.91. The number of carbonyl (C=O) groups excluding carboxylic acids is 2. The van der Waals surface area contributed by atoms with Crippen molar-refractivity contribution in [2.45, 2.75) is 26.8 Å². The number of nitrogens with zero attached hydrogens (tertiary/aromatic N) is 1. The summed E-state index contributed by atoms with van der Waals surface area (Å²) in [6.07, 6.45) is 0. The highest BCUT2D eigenvalue weighted by molar-refractivity contribution is 6.51. The van der Waals surface area contributed by atoms with Crippen LogP contribution in [0.5, 0.6) is 5.75 Å². The van der Waals surface area contributed by atoms with E-state index >= 15 is 0 Å². The van der Waals surface area contributed by atoms with Crippen LogP contribution >= 0.6 is 0 Å². The van der Waals surface area contributed by atoms with Crippen LogP contribution in [0.25, 0.3) is 5.76 Å². The van der Waals surface area contributed by atoms with E-state index in [1.165, 1.54) is 12.0 Å². The van der Waals surface area contributed by atoms with Gasteiger partial charge in [-0.25, -0.2) is 0 Å². The maximum Gasteiger partial charge on any atom is 0.300 e. The van der Waals surface area contributed by atoms with Crippen molar-refractivity contribution in [1.29, 1.82) is 0 Å². The second-order valence-corrected chi connectivity index (χ2v) is 7.64. The van der Waals surface area contributed by atoms with E-state index in [1.807, 2.05) is 26.0 Å². The van der Waals surface area contributed by atoms with Gasteiger partial charge in [0.05, 0.1) is 12.7 Å². The van der Waals surface area contributed by atoms with Gasteiger partial charge in [-0.05, 0) is 56.7 Å². The summed E-state index contributed by atoms with van der Waals surface area (Å²) in [6.45, 7) is 5.53. The van der Waals surface area contributed by atoms with E-state index in [0.29, 0.717) is 28.5 Å². The molecule has 1 amide bonds. The van der Waals surface area contributed by atoms with Crippen LogP contribution < -0.4 is 9.64 Å². The fourth-order valence-electron chi connectivity index (χ4n) is 3.86. The van der Waals surface area contributed by atoms with Crippen LogP contribution in [0.15, 0.2) is 64.6 Å². The molecule has 0 saturated carbocycles. The third-order valence-electron chi connectivity index (χ3n) is 5.45. The zero-order chi connectivity index (χ0) is 22.3. The van der Waals surface area contributed by atoms with E-state index in [0.717, 1.165) is 11.1 Å². The topological polar surface area (TPSA) is 80.0 Å².